The third-order valence-electron chi connectivity index (χ3n) is 5.33. The van der Waals surface area contributed by atoms with Gasteiger partial charge in [-0.15, -0.1) is 0 Å². The molecule has 1 aromatic carbocycles. The molecule has 0 radical (unpaired) electrons. The number of benzene rings is 1. The lowest BCUT2D eigenvalue weighted by molar-refractivity contribution is 0.136. The highest BCUT2D eigenvalue weighted by Crippen LogP contribution is 2.31. The summed E-state index contributed by atoms with van der Waals surface area (Å²) in [6.07, 6.45) is 11.8. The fourth-order valence-electron chi connectivity index (χ4n) is 3.84. The minimum Gasteiger partial charge on any atom is -0.490 e. The second-order valence-electron chi connectivity index (χ2n) is 7.09. The second-order valence-corrected chi connectivity index (χ2v) is 7.09. The van der Waals surface area contributed by atoms with Crippen molar-refractivity contribution in [3.05, 3.63) is 24.3 Å². The molecule has 1 aliphatic carbocycles. The topological polar surface area (TPSA) is 21.7 Å². The molecular formula is C20H31NO2. The van der Waals surface area contributed by atoms with Gasteiger partial charge in [-0.2, -0.15) is 0 Å². The number of hydrogen-bond donors (Lipinski definition) is 0. The molecule has 0 aromatic heterocycles. The predicted molar refractivity (Wildman–Crippen MR) is 94.3 cm³/mol. The van der Waals surface area contributed by atoms with Crippen LogP contribution in [0.15, 0.2) is 24.3 Å². The van der Waals surface area contributed by atoms with E-state index in [1.807, 2.05) is 18.2 Å². The molecule has 1 saturated carbocycles. The molecule has 0 amide bonds. The van der Waals surface area contributed by atoms with Crippen molar-refractivity contribution in [3.63, 3.8) is 0 Å². The average molecular weight is 317 g/mol. The Kier molecular flexibility index (Phi) is 6.21. The summed E-state index contributed by atoms with van der Waals surface area (Å²) < 4.78 is 12.3. The van der Waals surface area contributed by atoms with Crippen molar-refractivity contribution >= 4 is 0 Å². The Balaban J connectivity index is 1.50. The van der Waals surface area contributed by atoms with Crippen LogP contribution in [0.5, 0.6) is 11.5 Å². The van der Waals surface area contributed by atoms with E-state index in [2.05, 4.69) is 18.0 Å². The third-order valence-corrected chi connectivity index (χ3v) is 5.33. The van der Waals surface area contributed by atoms with Crippen LogP contribution in [0.2, 0.25) is 0 Å². The number of para-hydroxylation sites is 2. The van der Waals surface area contributed by atoms with E-state index in [1.165, 1.54) is 57.9 Å². The van der Waals surface area contributed by atoms with Crippen LogP contribution in [-0.4, -0.2) is 37.2 Å². The molecule has 1 heterocycles. The molecule has 1 atom stereocenters. The van der Waals surface area contributed by atoms with Gasteiger partial charge in [-0.1, -0.05) is 25.0 Å². The smallest absolute Gasteiger partial charge is 0.161 e. The minimum absolute atomic E-state index is 0.373. The summed E-state index contributed by atoms with van der Waals surface area (Å²) in [7, 11) is 2.24. The Bertz CT molecular complexity index is 470. The van der Waals surface area contributed by atoms with Crippen molar-refractivity contribution in [1.29, 1.82) is 0 Å². The first-order chi connectivity index (χ1) is 11.3. The Morgan fingerprint density at radius 3 is 2.48 bits per heavy atom. The molecule has 1 unspecified atom stereocenters. The standard InChI is InChI=1S/C20H31NO2/c1-21-15-8-7-9-17(21)14-16-22-19-12-5-6-13-20(19)23-18-10-3-2-4-11-18/h5-6,12-13,17-18H,2-4,7-11,14-16H2,1H3. The molecule has 23 heavy (non-hydrogen) atoms. The highest BCUT2D eigenvalue weighted by molar-refractivity contribution is 5.39. The molecule has 0 bridgehead atoms. The zero-order chi connectivity index (χ0) is 15.9. The van der Waals surface area contributed by atoms with E-state index in [-0.39, 0.29) is 0 Å². The first-order valence-electron chi connectivity index (χ1n) is 9.41. The number of likely N-dealkylation sites (tertiary alicyclic amines) is 1. The van der Waals surface area contributed by atoms with Crippen LogP contribution in [0.4, 0.5) is 0 Å². The molecule has 128 valence electrons. The Morgan fingerprint density at radius 1 is 0.957 bits per heavy atom. The van der Waals surface area contributed by atoms with Gasteiger partial charge < -0.3 is 14.4 Å². The van der Waals surface area contributed by atoms with E-state index >= 15 is 0 Å². The number of hydrogen-bond acceptors (Lipinski definition) is 3. The van der Waals surface area contributed by atoms with Gasteiger partial charge in [-0.3, -0.25) is 0 Å². The van der Waals surface area contributed by atoms with E-state index in [0.717, 1.165) is 24.5 Å². The zero-order valence-electron chi connectivity index (χ0n) is 14.5. The van der Waals surface area contributed by atoms with Crippen LogP contribution in [0.1, 0.15) is 57.8 Å². The maximum absolute atomic E-state index is 6.21. The van der Waals surface area contributed by atoms with Crippen molar-refractivity contribution in [3.8, 4) is 11.5 Å². The van der Waals surface area contributed by atoms with Gasteiger partial charge in [-0.05, 0) is 70.7 Å². The minimum atomic E-state index is 0.373. The molecule has 3 nitrogen and oxygen atoms in total. The molecule has 1 aliphatic heterocycles. The molecule has 1 aromatic rings. The number of ether oxygens (including phenoxy) is 2. The average Bonchev–Trinajstić information content (AvgIpc) is 2.59. The van der Waals surface area contributed by atoms with E-state index in [0.29, 0.717) is 12.1 Å². The molecule has 0 N–H and O–H groups in total. The van der Waals surface area contributed by atoms with Crippen molar-refractivity contribution in [1.82, 2.24) is 4.90 Å². The van der Waals surface area contributed by atoms with Gasteiger partial charge in [0.1, 0.15) is 0 Å². The summed E-state index contributed by atoms with van der Waals surface area (Å²) >= 11 is 0. The predicted octanol–water partition coefficient (Wildman–Crippen LogP) is 4.65. The first kappa shape index (κ1) is 16.6. The van der Waals surface area contributed by atoms with E-state index in [9.17, 15) is 0 Å². The fraction of sp³-hybridized carbons (Fsp3) is 0.700. The van der Waals surface area contributed by atoms with Crippen LogP contribution in [-0.2, 0) is 0 Å². The largest absolute Gasteiger partial charge is 0.490 e. The second kappa shape index (κ2) is 8.58. The van der Waals surface area contributed by atoms with Crippen molar-refractivity contribution in [2.24, 2.45) is 0 Å². The summed E-state index contributed by atoms with van der Waals surface area (Å²) in [6.45, 7) is 2.01. The molecule has 3 heteroatoms. The summed E-state index contributed by atoms with van der Waals surface area (Å²) in [5.74, 6) is 1.84. The SMILES string of the molecule is CN1CCCCC1CCOc1ccccc1OC1CCCCC1. The summed E-state index contributed by atoms with van der Waals surface area (Å²) in [4.78, 5) is 2.48. The molecule has 3 rings (SSSR count). The van der Waals surface area contributed by atoms with Crippen LogP contribution < -0.4 is 9.47 Å². The molecule has 1 saturated heterocycles. The fourth-order valence-corrected chi connectivity index (χ4v) is 3.84. The van der Waals surface area contributed by atoms with Crippen LogP contribution in [0.3, 0.4) is 0 Å². The van der Waals surface area contributed by atoms with Gasteiger partial charge in [-0.25, -0.2) is 0 Å². The first-order valence-corrected chi connectivity index (χ1v) is 9.41. The molecular weight excluding hydrogens is 286 g/mol. The van der Waals surface area contributed by atoms with Crippen LogP contribution >= 0.6 is 0 Å². The van der Waals surface area contributed by atoms with Crippen molar-refractivity contribution in [2.45, 2.75) is 69.9 Å². The Morgan fingerprint density at radius 2 is 1.70 bits per heavy atom. The normalized spacial score (nSPS) is 23.6. The van der Waals surface area contributed by atoms with Crippen LogP contribution in [0, 0.1) is 0 Å². The number of piperidine rings is 1. The maximum atomic E-state index is 6.21. The lowest BCUT2D eigenvalue weighted by Crippen LogP contribution is -2.37. The van der Waals surface area contributed by atoms with Gasteiger partial charge >= 0.3 is 0 Å². The van der Waals surface area contributed by atoms with Gasteiger partial charge in [0.2, 0.25) is 0 Å². The van der Waals surface area contributed by atoms with Gasteiger partial charge in [0.15, 0.2) is 11.5 Å². The number of nitrogens with zero attached hydrogens (tertiary/aromatic N) is 1. The van der Waals surface area contributed by atoms with Gasteiger partial charge in [0, 0.05) is 6.04 Å². The number of rotatable bonds is 6. The van der Waals surface area contributed by atoms with E-state index < -0.39 is 0 Å². The lowest BCUT2D eigenvalue weighted by atomic mass is 9.98. The molecule has 2 aliphatic rings. The van der Waals surface area contributed by atoms with E-state index in [1.54, 1.807) is 0 Å². The van der Waals surface area contributed by atoms with Crippen molar-refractivity contribution in [2.75, 3.05) is 20.2 Å². The monoisotopic (exact) mass is 317 g/mol. The maximum Gasteiger partial charge on any atom is 0.161 e. The van der Waals surface area contributed by atoms with Crippen molar-refractivity contribution < 1.29 is 9.47 Å². The third kappa shape index (κ3) is 4.87. The summed E-state index contributed by atoms with van der Waals surface area (Å²) in [5.41, 5.74) is 0. The highest BCUT2D eigenvalue weighted by atomic mass is 16.5. The quantitative estimate of drug-likeness (QED) is 0.762. The Labute approximate surface area is 141 Å². The lowest BCUT2D eigenvalue weighted by Gasteiger charge is -2.32. The Hall–Kier alpha value is -1.22. The van der Waals surface area contributed by atoms with Crippen LogP contribution in [0.25, 0.3) is 0 Å². The van der Waals surface area contributed by atoms with Gasteiger partial charge in [0.25, 0.3) is 0 Å². The summed E-state index contributed by atoms with van der Waals surface area (Å²) in [6, 6.07) is 8.85. The van der Waals surface area contributed by atoms with Gasteiger partial charge in [0.05, 0.1) is 12.7 Å². The molecule has 2 fully saturated rings. The van der Waals surface area contributed by atoms with E-state index in [4.69, 9.17) is 9.47 Å². The highest BCUT2D eigenvalue weighted by Gasteiger charge is 2.19. The summed E-state index contributed by atoms with van der Waals surface area (Å²) in [5, 5.41) is 0. The molecule has 0 spiro atoms. The zero-order valence-corrected chi connectivity index (χ0v) is 14.5.